The van der Waals surface area contributed by atoms with Gasteiger partial charge in [0.2, 0.25) is 0 Å². The van der Waals surface area contributed by atoms with Gasteiger partial charge in [-0.15, -0.1) is 0 Å². The molecule has 0 aliphatic carbocycles. The van der Waals surface area contributed by atoms with E-state index in [-0.39, 0.29) is 0 Å². The third-order valence-electron chi connectivity index (χ3n) is 1.73. The third kappa shape index (κ3) is 11.1. The number of ketones is 1. The van der Waals surface area contributed by atoms with Crippen LogP contribution in [0.25, 0.3) is 0 Å². The van der Waals surface area contributed by atoms with Crippen molar-refractivity contribution in [2.45, 2.75) is 40.0 Å². The van der Waals surface area contributed by atoms with Crippen LogP contribution in [0, 0.1) is 5.92 Å². The SMILES string of the molecule is CCC(CC)CC(C)=O.II. The summed E-state index contributed by atoms with van der Waals surface area (Å²) >= 11 is 4.24. The molecule has 0 bridgehead atoms. The summed E-state index contributed by atoms with van der Waals surface area (Å²) in [5.41, 5.74) is 0. The maximum Gasteiger partial charge on any atom is 0.130 e. The maximum absolute atomic E-state index is 10.6. The first kappa shape index (κ1) is 14.6. The number of rotatable bonds is 4. The molecule has 3 heteroatoms. The Bertz CT molecular complexity index is 90.1. The summed E-state index contributed by atoms with van der Waals surface area (Å²) in [5, 5.41) is 0. The molecule has 0 spiro atoms. The highest BCUT2D eigenvalue weighted by Gasteiger charge is 2.04. The first-order chi connectivity index (χ1) is 5.20. The maximum atomic E-state index is 10.6. The molecular weight excluding hydrogens is 366 g/mol. The molecule has 0 aromatic heterocycles. The number of Topliss-reactive ketones (excluding diaryl/α,β-unsaturated/α-hetero) is 1. The topological polar surface area (TPSA) is 17.1 Å². The van der Waals surface area contributed by atoms with Crippen LogP contribution in [-0.2, 0) is 4.79 Å². The lowest BCUT2D eigenvalue weighted by atomic mass is 9.98. The van der Waals surface area contributed by atoms with E-state index in [1.54, 1.807) is 6.92 Å². The first-order valence-electron chi connectivity index (χ1n) is 3.84. The third-order valence-corrected chi connectivity index (χ3v) is 1.73. The predicted octanol–water partition coefficient (Wildman–Crippen LogP) is 4.17. The molecule has 0 rings (SSSR count). The fourth-order valence-electron chi connectivity index (χ4n) is 0.984. The number of carbonyl (C=O) groups is 1. The van der Waals surface area contributed by atoms with E-state index in [0.717, 1.165) is 19.3 Å². The summed E-state index contributed by atoms with van der Waals surface area (Å²) in [6.45, 7) is 5.94. The van der Waals surface area contributed by atoms with Gasteiger partial charge in [-0.2, -0.15) is 0 Å². The largest absolute Gasteiger partial charge is 0.300 e. The predicted molar refractivity (Wildman–Crippen MR) is 67.4 cm³/mol. The Balaban J connectivity index is 0. The molecule has 0 heterocycles. The Morgan fingerprint density at radius 3 is 1.73 bits per heavy atom. The van der Waals surface area contributed by atoms with E-state index in [9.17, 15) is 4.79 Å². The molecule has 1 nitrogen and oxygen atoms in total. The second-order valence-corrected chi connectivity index (χ2v) is 2.59. The fourth-order valence-corrected chi connectivity index (χ4v) is 0.984. The summed E-state index contributed by atoms with van der Waals surface area (Å²) in [4.78, 5) is 10.6. The van der Waals surface area contributed by atoms with E-state index in [4.69, 9.17) is 0 Å². The van der Waals surface area contributed by atoms with E-state index >= 15 is 0 Å². The summed E-state index contributed by atoms with van der Waals surface area (Å²) in [6, 6.07) is 0. The Morgan fingerprint density at radius 1 is 1.27 bits per heavy atom. The zero-order valence-electron chi connectivity index (χ0n) is 7.36. The van der Waals surface area contributed by atoms with Crippen LogP contribution in [0.4, 0.5) is 0 Å². The Labute approximate surface area is 93.0 Å². The first-order valence-corrected chi connectivity index (χ1v) is 10.1. The average Bonchev–Trinajstić information content (AvgIpc) is 2.03. The average molecular weight is 382 g/mol. The van der Waals surface area contributed by atoms with Crippen molar-refractivity contribution in [1.82, 2.24) is 0 Å². The van der Waals surface area contributed by atoms with Crippen molar-refractivity contribution in [3.8, 4) is 0 Å². The summed E-state index contributed by atoms with van der Waals surface area (Å²) in [7, 11) is 0. The van der Waals surface area contributed by atoms with Gasteiger partial charge < -0.3 is 4.79 Å². The molecule has 0 aliphatic heterocycles. The van der Waals surface area contributed by atoms with Gasteiger partial charge in [-0.3, -0.25) is 0 Å². The van der Waals surface area contributed by atoms with Crippen molar-refractivity contribution >= 4 is 43.0 Å². The molecule has 0 saturated heterocycles. The molecule has 0 fully saturated rings. The van der Waals surface area contributed by atoms with Crippen LogP contribution < -0.4 is 0 Å². The van der Waals surface area contributed by atoms with Crippen LogP contribution in [0.2, 0.25) is 0 Å². The van der Waals surface area contributed by atoms with Gasteiger partial charge in [0.25, 0.3) is 0 Å². The van der Waals surface area contributed by atoms with E-state index in [1.807, 2.05) is 0 Å². The van der Waals surface area contributed by atoms with E-state index < -0.39 is 0 Å². The lowest BCUT2D eigenvalue weighted by Gasteiger charge is -2.07. The Hall–Kier alpha value is 1.13. The monoisotopic (exact) mass is 382 g/mol. The van der Waals surface area contributed by atoms with Crippen LogP contribution in [0.5, 0.6) is 0 Å². The van der Waals surface area contributed by atoms with Crippen LogP contribution >= 0.6 is 37.2 Å². The van der Waals surface area contributed by atoms with Gasteiger partial charge in [0, 0.05) is 43.7 Å². The highest BCUT2D eigenvalue weighted by Crippen LogP contribution is 2.11. The van der Waals surface area contributed by atoms with Gasteiger partial charge in [-0.25, -0.2) is 0 Å². The van der Waals surface area contributed by atoms with Gasteiger partial charge >= 0.3 is 0 Å². The quantitative estimate of drug-likeness (QED) is 0.668. The minimum atomic E-state index is 0.323. The Morgan fingerprint density at radius 2 is 1.64 bits per heavy atom. The zero-order valence-corrected chi connectivity index (χ0v) is 11.7. The summed E-state index contributed by atoms with van der Waals surface area (Å²) < 4.78 is 0. The van der Waals surface area contributed by atoms with Gasteiger partial charge in [0.05, 0.1) is 0 Å². The number of halogens is 2. The number of hydrogen-bond donors (Lipinski definition) is 0. The molecule has 0 unspecified atom stereocenters. The van der Waals surface area contributed by atoms with Crippen LogP contribution in [0.1, 0.15) is 40.0 Å². The number of carbonyl (C=O) groups excluding carboxylic acids is 1. The Kier molecular flexibility index (Phi) is 14.8. The van der Waals surface area contributed by atoms with Gasteiger partial charge in [-0.05, 0) is 12.8 Å². The standard InChI is InChI=1S/C8H16O.I2/c1-4-8(5-2)6-7(3)9;1-2/h8H,4-6H2,1-3H3;. The highest BCUT2D eigenvalue weighted by molar-refractivity contribution is 15.0. The van der Waals surface area contributed by atoms with Gasteiger partial charge in [0.1, 0.15) is 5.78 Å². The van der Waals surface area contributed by atoms with Crippen LogP contribution in [0.3, 0.4) is 0 Å². The molecule has 0 saturated carbocycles. The van der Waals surface area contributed by atoms with Crippen molar-refractivity contribution in [1.29, 1.82) is 0 Å². The molecule has 68 valence electrons. The normalized spacial score (nSPS) is 8.91. The van der Waals surface area contributed by atoms with Crippen molar-refractivity contribution in [2.75, 3.05) is 0 Å². The summed E-state index contributed by atoms with van der Waals surface area (Å²) in [5.74, 6) is 0.950. The van der Waals surface area contributed by atoms with Gasteiger partial charge in [-0.1, -0.05) is 26.7 Å². The van der Waals surface area contributed by atoms with Gasteiger partial charge in [0.15, 0.2) is 0 Å². The molecule has 0 aromatic carbocycles. The van der Waals surface area contributed by atoms with Crippen molar-refractivity contribution in [3.05, 3.63) is 0 Å². The van der Waals surface area contributed by atoms with Crippen LogP contribution in [0.15, 0.2) is 0 Å². The lowest BCUT2D eigenvalue weighted by Crippen LogP contribution is -2.02. The molecular formula is C8H16I2O. The molecule has 0 aliphatic rings. The van der Waals surface area contributed by atoms with Crippen LogP contribution in [-0.4, -0.2) is 5.78 Å². The summed E-state index contributed by atoms with van der Waals surface area (Å²) in [6.07, 6.45) is 3.04. The lowest BCUT2D eigenvalue weighted by molar-refractivity contribution is -0.117. The highest BCUT2D eigenvalue weighted by atomic mass is 128. The fraction of sp³-hybridized carbons (Fsp3) is 0.875. The smallest absolute Gasteiger partial charge is 0.130 e. The van der Waals surface area contributed by atoms with E-state index in [0.29, 0.717) is 11.7 Å². The number of hydrogen-bond acceptors (Lipinski definition) is 1. The second-order valence-electron chi connectivity index (χ2n) is 2.59. The molecule has 0 N–H and O–H groups in total. The van der Waals surface area contributed by atoms with E-state index in [2.05, 4.69) is 51.1 Å². The van der Waals surface area contributed by atoms with Crippen molar-refractivity contribution in [3.63, 3.8) is 0 Å². The molecule has 0 aromatic rings. The molecule has 0 amide bonds. The molecule has 0 atom stereocenters. The second kappa shape index (κ2) is 11.1. The molecule has 11 heavy (non-hydrogen) atoms. The molecule has 0 radical (unpaired) electrons. The minimum absolute atomic E-state index is 0.323. The van der Waals surface area contributed by atoms with E-state index in [1.165, 1.54) is 0 Å². The zero-order chi connectivity index (χ0) is 9.28. The minimum Gasteiger partial charge on any atom is -0.300 e. The van der Waals surface area contributed by atoms with Crippen molar-refractivity contribution in [2.24, 2.45) is 5.92 Å². The van der Waals surface area contributed by atoms with Crippen molar-refractivity contribution < 1.29 is 4.79 Å².